The van der Waals surface area contributed by atoms with E-state index in [1.54, 1.807) is 55.6 Å². The Labute approximate surface area is 197 Å². The molecule has 172 valence electrons. The van der Waals surface area contributed by atoms with Gasteiger partial charge >= 0.3 is 0 Å². The molecule has 4 rings (SSSR count). The molecule has 1 aliphatic heterocycles. The summed E-state index contributed by atoms with van der Waals surface area (Å²) in [5.74, 6) is 0.762. The summed E-state index contributed by atoms with van der Waals surface area (Å²) in [6.45, 7) is 0.370. The minimum atomic E-state index is -3.74. The number of halogens is 1. The second-order valence-corrected chi connectivity index (χ2v) is 9.80. The van der Waals surface area contributed by atoms with Crippen molar-refractivity contribution in [1.29, 1.82) is 0 Å². The Morgan fingerprint density at radius 2 is 1.70 bits per heavy atom. The van der Waals surface area contributed by atoms with Crippen LogP contribution < -0.4 is 19.1 Å². The maximum absolute atomic E-state index is 13.2. The molecule has 9 heteroatoms. The molecule has 0 atom stereocenters. The highest BCUT2D eigenvalue weighted by atomic mass is 35.5. The number of anilines is 2. The normalized spacial score (nSPS) is 13.2. The first-order chi connectivity index (χ1) is 15.8. The fourth-order valence-corrected chi connectivity index (χ4v) is 5.47. The molecule has 0 radical (unpaired) electrons. The molecule has 0 spiro atoms. The Bertz CT molecular complexity index is 1290. The third-order valence-electron chi connectivity index (χ3n) is 5.46. The molecule has 1 aliphatic rings. The zero-order chi connectivity index (χ0) is 23.6. The number of fused-ring (bicyclic) bond motifs is 1. The average Bonchev–Trinajstić information content (AvgIpc) is 2.83. The van der Waals surface area contributed by atoms with E-state index in [4.69, 9.17) is 21.1 Å². The number of hydrogen-bond donors (Lipinski definition) is 1. The molecule has 0 fully saturated rings. The van der Waals surface area contributed by atoms with Gasteiger partial charge in [-0.25, -0.2) is 8.42 Å². The van der Waals surface area contributed by atoms with Gasteiger partial charge in [0.1, 0.15) is 0 Å². The number of methoxy groups -OCH3 is 2. The monoisotopic (exact) mass is 486 g/mol. The van der Waals surface area contributed by atoms with Gasteiger partial charge in [-0.3, -0.25) is 9.10 Å². The lowest BCUT2D eigenvalue weighted by atomic mass is 10.0. The van der Waals surface area contributed by atoms with Crippen LogP contribution in [0.5, 0.6) is 11.5 Å². The first kappa shape index (κ1) is 22.9. The van der Waals surface area contributed by atoms with E-state index in [0.29, 0.717) is 52.8 Å². The van der Waals surface area contributed by atoms with Crippen molar-refractivity contribution in [1.82, 2.24) is 0 Å². The van der Waals surface area contributed by atoms with Crippen molar-refractivity contribution in [2.24, 2.45) is 0 Å². The van der Waals surface area contributed by atoms with Crippen LogP contribution in [-0.2, 0) is 16.4 Å². The second-order valence-electron chi connectivity index (χ2n) is 7.50. The van der Waals surface area contributed by atoms with Gasteiger partial charge in [0.05, 0.1) is 24.8 Å². The smallest absolute Gasteiger partial charge is 0.264 e. The molecule has 0 unspecified atom stereocenters. The van der Waals surface area contributed by atoms with E-state index in [0.717, 1.165) is 5.56 Å². The van der Waals surface area contributed by atoms with Crippen LogP contribution in [0.25, 0.3) is 0 Å². The Kier molecular flexibility index (Phi) is 6.49. The Morgan fingerprint density at radius 1 is 0.970 bits per heavy atom. The minimum absolute atomic E-state index is 0.176. The van der Waals surface area contributed by atoms with Crippen LogP contribution in [0.4, 0.5) is 11.4 Å². The minimum Gasteiger partial charge on any atom is -0.493 e. The highest BCUT2D eigenvalue weighted by molar-refractivity contribution is 7.92. The molecule has 0 aliphatic carbocycles. The molecule has 33 heavy (non-hydrogen) atoms. The number of rotatable bonds is 6. The zero-order valence-electron chi connectivity index (χ0n) is 18.2. The van der Waals surface area contributed by atoms with Crippen molar-refractivity contribution >= 4 is 38.9 Å². The van der Waals surface area contributed by atoms with Gasteiger partial charge in [-0.05, 0) is 73.0 Å². The number of hydrogen-bond acceptors (Lipinski definition) is 5. The van der Waals surface area contributed by atoms with Crippen molar-refractivity contribution in [2.75, 3.05) is 30.4 Å². The summed E-state index contributed by atoms with van der Waals surface area (Å²) in [5, 5.41) is 3.32. The quantitative estimate of drug-likeness (QED) is 0.543. The van der Waals surface area contributed by atoms with Gasteiger partial charge < -0.3 is 14.8 Å². The molecule has 1 N–H and O–H groups in total. The SMILES string of the molecule is COc1ccc(NC(=O)c2ccc3c(c2)CCCN3S(=O)(=O)c2ccc(Cl)cc2)cc1OC. The largest absolute Gasteiger partial charge is 0.493 e. The summed E-state index contributed by atoms with van der Waals surface area (Å²) in [6.07, 6.45) is 1.33. The van der Waals surface area contributed by atoms with Crippen LogP contribution in [0.15, 0.2) is 65.6 Å². The van der Waals surface area contributed by atoms with Gasteiger partial charge in [0.25, 0.3) is 15.9 Å². The third-order valence-corrected chi connectivity index (χ3v) is 7.54. The van der Waals surface area contributed by atoms with E-state index < -0.39 is 10.0 Å². The van der Waals surface area contributed by atoms with Crippen molar-refractivity contribution in [2.45, 2.75) is 17.7 Å². The lowest BCUT2D eigenvalue weighted by Gasteiger charge is -2.30. The Balaban J connectivity index is 1.59. The predicted octanol–water partition coefficient (Wildman–Crippen LogP) is 4.75. The summed E-state index contributed by atoms with van der Waals surface area (Å²) in [7, 11) is -0.674. The number of carbonyl (C=O) groups is 1. The zero-order valence-corrected chi connectivity index (χ0v) is 19.7. The van der Waals surface area contributed by atoms with Crippen LogP contribution in [0, 0.1) is 0 Å². The number of nitrogens with one attached hydrogen (secondary N) is 1. The lowest BCUT2D eigenvalue weighted by Crippen LogP contribution is -2.35. The molecular weight excluding hydrogens is 464 g/mol. The lowest BCUT2D eigenvalue weighted by molar-refractivity contribution is 0.102. The number of nitrogens with zero attached hydrogens (tertiary/aromatic N) is 1. The highest BCUT2D eigenvalue weighted by Crippen LogP contribution is 2.34. The van der Waals surface area contributed by atoms with Crippen molar-refractivity contribution in [3.05, 3.63) is 76.8 Å². The van der Waals surface area contributed by atoms with Crippen LogP contribution in [0.3, 0.4) is 0 Å². The number of amides is 1. The molecule has 3 aromatic carbocycles. The Morgan fingerprint density at radius 3 is 2.39 bits per heavy atom. The number of benzene rings is 3. The molecule has 3 aromatic rings. The van der Waals surface area contributed by atoms with E-state index in [2.05, 4.69) is 5.32 Å². The standard InChI is InChI=1S/C24H23ClN2O5S/c1-31-22-12-8-19(15-23(22)32-2)26-24(28)17-5-11-21-16(14-17)4-3-13-27(21)33(29,30)20-9-6-18(25)7-10-20/h5-12,14-15H,3-4,13H2,1-2H3,(H,26,28). The van der Waals surface area contributed by atoms with Crippen LogP contribution in [0.1, 0.15) is 22.3 Å². The summed E-state index contributed by atoms with van der Waals surface area (Å²) >= 11 is 5.91. The van der Waals surface area contributed by atoms with E-state index in [9.17, 15) is 13.2 Å². The van der Waals surface area contributed by atoms with E-state index >= 15 is 0 Å². The number of ether oxygens (including phenoxy) is 2. The van der Waals surface area contributed by atoms with E-state index in [1.165, 1.54) is 23.5 Å². The molecule has 0 aromatic heterocycles. The molecular formula is C24H23ClN2O5S. The second kappa shape index (κ2) is 9.33. The molecule has 0 bridgehead atoms. The van der Waals surface area contributed by atoms with Crippen LogP contribution >= 0.6 is 11.6 Å². The van der Waals surface area contributed by atoms with Crippen molar-refractivity contribution in [3.8, 4) is 11.5 Å². The topological polar surface area (TPSA) is 84.9 Å². The van der Waals surface area contributed by atoms with E-state index in [-0.39, 0.29) is 10.8 Å². The van der Waals surface area contributed by atoms with E-state index in [1.807, 2.05) is 0 Å². The molecule has 1 heterocycles. The first-order valence-electron chi connectivity index (χ1n) is 10.3. The van der Waals surface area contributed by atoms with Gasteiger partial charge in [0.15, 0.2) is 11.5 Å². The summed E-state index contributed by atoms with van der Waals surface area (Å²) in [4.78, 5) is 13.0. The van der Waals surface area contributed by atoms with Gasteiger partial charge in [-0.15, -0.1) is 0 Å². The molecule has 7 nitrogen and oxygen atoms in total. The van der Waals surface area contributed by atoms with Gasteiger partial charge in [0.2, 0.25) is 0 Å². The maximum Gasteiger partial charge on any atom is 0.264 e. The fraction of sp³-hybridized carbons (Fsp3) is 0.208. The summed E-state index contributed by atoms with van der Waals surface area (Å²) < 4.78 is 38.3. The number of aryl methyl sites for hydroxylation is 1. The van der Waals surface area contributed by atoms with Gasteiger partial charge in [-0.2, -0.15) is 0 Å². The third kappa shape index (κ3) is 4.62. The predicted molar refractivity (Wildman–Crippen MR) is 128 cm³/mol. The van der Waals surface area contributed by atoms with Crippen LogP contribution in [0.2, 0.25) is 5.02 Å². The van der Waals surface area contributed by atoms with Crippen molar-refractivity contribution in [3.63, 3.8) is 0 Å². The molecule has 0 saturated carbocycles. The summed E-state index contributed by atoms with van der Waals surface area (Å²) in [6, 6.07) is 16.3. The van der Waals surface area contributed by atoms with Crippen molar-refractivity contribution < 1.29 is 22.7 Å². The highest BCUT2D eigenvalue weighted by Gasteiger charge is 2.29. The number of carbonyl (C=O) groups excluding carboxylic acids is 1. The average molecular weight is 487 g/mol. The number of sulfonamides is 1. The maximum atomic E-state index is 13.2. The fourth-order valence-electron chi connectivity index (χ4n) is 3.80. The first-order valence-corrected chi connectivity index (χ1v) is 12.1. The molecule has 1 amide bonds. The van der Waals surface area contributed by atoms with Gasteiger partial charge in [0, 0.05) is 28.9 Å². The summed E-state index contributed by atoms with van der Waals surface area (Å²) in [5.41, 5.74) is 2.38. The van der Waals surface area contributed by atoms with Gasteiger partial charge in [-0.1, -0.05) is 11.6 Å². The van der Waals surface area contributed by atoms with Crippen LogP contribution in [-0.4, -0.2) is 35.1 Å². The Hall–Kier alpha value is -3.23. The molecule has 0 saturated heterocycles.